The lowest BCUT2D eigenvalue weighted by Crippen LogP contribution is -1.96. The molecule has 5 heterocycles. The van der Waals surface area contributed by atoms with Gasteiger partial charge in [0.15, 0.2) is 0 Å². The first-order valence-corrected chi connectivity index (χ1v) is 13.8. The van der Waals surface area contributed by atoms with Crippen molar-refractivity contribution in [3.05, 3.63) is 121 Å². The highest BCUT2D eigenvalue weighted by atomic mass is 32.1. The van der Waals surface area contributed by atoms with Crippen LogP contribution in [-0.4, -0.2) is 19.1 Å². The summed E-state index contributed by atoms with van der Waals surface area (Å²) in [7, 11) is 0. The predicted molar refractivity (Wildman–Crippen MR) is 164 cm³/mol. The molecule has 0 atom stereocenters. The topological polar surface area (TPSA) is 35.6 Å². The average molecular weight is 517 g/mol. The fourth-order valence-corrected chi connectivity index (χ4v) is 7.32. The van der Waals surface area contributed by atoms with E-state index in [1.165, 1.54) is 25.9 Å². The van der Waals surface area contributed by atoms with Crippen LogP contribution < -0.4 is 0 Å². The van der Waals surface area contributed by atoms with Crippen molar-refractivity contribution in [3.8, 4) is 11.4 Å². The summed E-state index contributed by atoms with van der Waals surface area (Å²) in [5, 5.41) is 3.73. The van der Waals surface area contributed by atoms with Crippen LogP contribution in [0.5, 0.6) is 0 Å². The molecule has 9 aromatic rings. The molecule has 0 radical (unpaired) electrons. The van der Waals surface area contributed by atoms with Crippen molar-refractivity contribution in [1.82, 2.24) is 19.1 Å². The van der Waals surface area contributed by atoms with Crippen LogP contribution in [0.3, 0.4) is 0 Å². The van der Waals surface area contributed by atoms with Crippen molar-refractivity contribution in [2.75, 3.05) is 0 Å². The number of hydrogen-bond acceptors (Lipinski definition) is 3. The fraction of sp³-hybridized carbons (Fsp3) is 0. The van der Waals surface area contributed by atoms with Gasteiger partial charge in [-0.3, -0.25) is 4.98 Å². The molecule has 0 aliphatic heterocycles. The van der Waals surface area contributed by atoms with Gasteiger partial charge in [-0.25, -0.2) is 4.98 Å². The van der Waals surface area contributed by atoms with E-state index in [2.05, 4.69) is 118 Å². The van der Waals surface area contributed by atoms with E-state index in [0.717, 1.165) is 49.7 Å². The lowest BCUT2D eigenvalue weighted by atomic mass is 10.1. The molecule has 5 heteroatoms. The van der Waals surface area contributed by atoms with Crippen LogP contribution in [0.4, 0.5) is 0 Å². The van der Waals surface area contributed by atoms with Gasteiger partial charge in [-0.2, -0.15) is 0 Å². The largest absolute Gasteiger partial charge is 0.306 e. The number of pyridine rings is 2. The molecule has 4 nitrogen and oxygen atoms in total. The Labute approximate surface area is 227 Å². The molecular weight excluding hydrogens is 496 g/mol. The predicted octanol–water partition coefficient (Wildman–Crippen LogP) is 9.04. The quantitative estimate of drug-likeness (QED) is 0.230. The van der Waals surface area contributed by atoms with Gasteiger partial charge in [0.2, 0.25) is 0 Å². The summed E-state index contributed by atoms with van der Waals surface area (Å²) in [6, 6.07) is 40.9. The first-order valence-electron chi connectivity index (χ1n) is 13.0. The number of benzene rings is 4. The van der Waals surface area contributed by atoms with E-state index in [9.17, 15) is 0 Å². The molecule has 0 aliphatic carbocycles. The highest BCUT2D eigenvalue weighted by Gasteiger charge is 2.21. The van der Waals surface area contributed by atoms with Crippen molar-refractivity contribution in [2.45, 2.75) is 0 Å². The summed E-state index contributed by atoms with van der Waals surface area (Å²) >= 11 is 1.85. The zero-order valence-electron chi connectivity index (χ0n) is 20.7. The number of rotatable bonds is 2. The standard InChI is InChI=1S/C34H20N4S/c1-2-10-21(11-3-1)37-26-17-9-19-35-32(26)33-29(37)20-28-31(36-33)24-13-4-6-15-25(24)38(28)27-16-8-14-23-22-12-5-7-18-30(22)39-34(23)27/h1-20H. The highest BCUT2D eigenvalue weighted by molar-refractivity contribution is 7.26. The van der Waals surface area contributed by atoms with Crippen molar-refractivity contribution in [3.63, 3.8) is 0 Å². The number of fused-ring (bicyclic) bond motifs is 9. The third-order valence-electron chi connectivity index (χ3n) is 7.75. The van der Waals surface area contributed by atoms with Gasteiger partial charge in [0.25, 0.3) is 0 Å². The van der Waals surface area contributed by atoms with Gasteiger partial charge in [0, 0.05) is 32.7 Å². The number of aromatic nitrogens is 4. The van der Waals surface area contributed by atoms with Gasteiger partial charge in [-0.15, -0.1) is 11.3 Å². The number of hydrogen-bond donors (Lipinski definition) is 0. The molecule has 4 aromatic carbocycles. The SMILES string of the molecule is c1ccc(-n2c3cccnc3c3nc4c5ccccc5n(-c5cccc6c5sc5ccccc56)c4cc32)cc1. The first kappa shape index (κ1) is 21.0. The smallest absolute Gasteiger partial charge is 0.116 e. The Balaban J connectivity index is 1.48. The van der Waals surface area contributed by atoms with Gasteiger partial charge in [0.1, 0.15) is 11.0 Å². The summed E-state index contributed by atoms with van der Waals surface area (Å²) in [4.78, 5) is 10.1. The molecule has 0 spiro atoms. The van der Waals surface area contributed by atoms with E-state index in [1.54, 1.807) is 0 Å². The van der Waals surface area contributed by atoms with E-state index in [1.807, 2.05) is 23.6 Å². The van der Waals surface area contributed by atoms with Crippen molar-refractivity contribution in [1.29, 1.82) is 0 Å². The molecule has 0 aliphatic rings. The summed E-state index contributed by atoms with van der Waals surface area (Å²) in [5.74, 6) is 0. The van der Waals surface area contributed by atoms with Gasteiger partial charge in [-0.1, -0.05) is 66.7 Å². The third kappa shape index (κ3) is 2.82. The Morgan fingerprint density at radius 1 is 0.513 bits per heavy atom. The Bertz CT molecular complexity index is 2390. The molecule has 0 fully saturated rings. The molecular formula is C34H20N4S. The summed E-state index contributed by atoms with van der Waals surface area (Å²) in [6.45, 7) is 0. The Morgan fingerprint density at radius 2 is 1.26 bits per heavy atom. The lowest BCUT2D eigenvalue weighted by molar-refractivity contribution is 1.16. The summed E-state index contributed by atoms with van der Waals surface area (Å²) in [6.07, 6.45) is 1.86. The van der Waals surface area contributed by atoms with E-state index in [0.29, 0.717) is 0 Å². The second kappa shape index (κ2) is 7.76. The Morgan fingerprint density at radius 3 is 2.18 bits per heavy atom. The number of thiophene rings is 1. The molecule has 5 aromatic heterocycles. The van der Waals surface area contributed by atoms with Crippen LogP contribution in [-0.2, 0) is 0 Å². The minimum atomic E-state index is 0.918. The Hall–Kier alpha value is -5.00. The van der Waals surface area contributed by atoms with Crippen LogP contribution in [0.15, 0.2) is 121 Å². The van der Waals surface area contributed by atoms with Crippen molar-refractivity contribution < 1.29 is 0 Å². The van der Waals surface area contributed by atoms with Crippen molar-refractivity contribution in [2.24, 2.45) is 0 Å². The highest BCUT2D eigenvalue weighted by Crippen LogP contribution is 2.41. The minimum absolute atomic E-state index is 0.918. The molecule has 0 N–H and O–H groups in total. The van der Waals surface area contributed by atoms with E-state index in [-0.39, 0.29) is 0 Å². The first-order chi connectivity index (χ1) is 19.4. The average Bonchev–Trinajstić information content (AvgIpc) is 3.64. The molecule has 0 bridgehead atoms. The van der Waals surface area contributed by atoms with Gasteiger partial charge in [0.05, 0.1) is 38.0 Å². The molecule has 0 amide bonds. The van der Waals surface area contributed by atoms with Gasteiger partial charge >= 0.3 is 0 Å². The maximum atomic E-state index is 5.35. The maximum absolute atomic E-state index is 5.35. The molecule has 182 valence electrons. The van der Waals surface area contributed by atoms with Crippen LogP contribution in [0.1, 0.15) is 0 Å². The number of para-hydroxylation sites is 2. The van der Waals surface area contributed by atoms with Crippen LogP contribution in [0.2, 0.25) is 0 Å². The minimum Gasteiger partial charge on any atom is -0.306 e. The van der Waals surface area contributed by atoms with Gasteiger partial charge < -0.3 is 9.13 Å². The van der Waals surface area contributed by atoms with Crippen LogP contribution >= 0.6 is 11.3 Å². The Kier molecular flexibility index (Phi) is 4.18. The molecule has 0 saturated carbocycles. The third-order valence-corrected chi connectivity index (χ3v) is 8.96. The van der Waals surface area contributed by atoms with Crippen LogP contribution in [0.25, 0.3) is 75.6 Å². The second-order valence-electron chi connectivity index (χ2n) is 9.87. The van der Waals surface area contributed by atoms with E-state index < -0.39 is 0 Å². The number of nitrogens with zero attached hydrogens (tertiary/aromatic N) is 4. The summed E-state index contributed by atoms with van der Waals surface area (Å²) < 4.78 is 7.27. The second-order valence-corrected chi connectivity index (χ2v) is 10.9. The monoisotopic (exact) mass is 516 g/mol. The van der Waals surface area contributed by atoms with E-state index in [4.69, 9.17) is 9.97 Å². The fourth-order valence-electron chi connectivity index (χ4n) is 6.12. The normalized spacial score (nSPS) is 12.1. The van der Waals surface area contributed by atoms with Crippen molar-refractivity contribution >= 4 is 75.5 Å². The molecule has 0 saturated heterocycles. The van der Waals surface area contributed by atoms with E-state index >= 15 is 0 Å². The zero-order valence-corrected chi connectivity index (χ0v) is 21.6. The molecule has 39 heavy (non-hydrogen) atoms. The molecule has 9 rings (SSSR count). The molecule has 0 unspecified atom stereocenters. The van der Waals surface area contributed by atoms with Crippen LogP contribution in [0, 0.1) is 0 Å². The summed E-state index contributed by atoms with van der Waals surface area (Å²) in [5.41, 5.74) is 9.47. The zero-order chi connectivity index (χ0) is 25.5. The van der Waals surface area contributed by atoms with Gasteiger partial charge in [-0.05, 0) is 48.5 Å². The lowest BCUT2D eigenvalue weighted by Gasteiger charge is -2.10. The maximum Gasteiger partial charge on any atom is 0.116 e.